The summed E-state index contributed by atoms with van der Waals surface area (Å²) in [5.41, 5.74) is 0.913. The van der Waals surface area contributed by atoms with Crippen molar-refractivity contribution in [3.8, 4) is 11.5 Å². The third-order valence-electron chi connectivity index (χ3n) is 4.42. The number of nitrogens with zero attached hydrogens (tertiary/aromatic N) is 1. The van der Waals surface area contributed by atoms with Crippen molar-refractivity contribution in [3.05, 3.63) is 57.7 Å². The van der Waals surface area contributed by atoms with Crippen LogP contribution in [0.25, 0.3) is 0 Å². The van der Waals surface area contributed by atoms with Gasteiger partial charge in [-0.25, -0.2) is 0 Å². The molecule has 0 bridgehead atoms. The molecule has 1 atom stereocenters. The Morgan fingerprint density at radius 3 is 2.21 bits per heavy atom. The first-order valence-corrected chi connectivity index (χ1v) is 10.6. The minimum Gasteiger partial charge on any atom is -0.497 e. The van der Waals surface area contributed by atoms with Gasteiger partial charge in [-0.05, 0) is 77.9 Å². The van der Waals surface area contributed by atoms with Crippen LogP contribution in [0.5, 0.6) is 11.5 Å². The lowest BCUT2D eigenvalue weighted by molar-refractivity contribution is -0.142. The number of methoxy groups -OCH3 is 1. The van der Waals surface area contributed by atoms with Gasteiger partial charge in [-0.15, -0.1) is 0 Å². The summed E-state index contributed by atoms with van der Waals surface area (Å²) < 4.78 is 11.9. The maximum atomic E-state index is 13.0. The van der Waals surface area contributed by atoms with Crippen molar-refractivity contribution in [3.63, 3.8) is 0 Å². The van der Waals surface area contributed by atoms with Crippen molar-refractivity contribution in [1.82, 2.24) is 10.2 Å². The van der Waals surface area contributed by atoms with Crippen LogP contribution in [0.4, 0.5) is 0 Å². The topological polar surface area (TPSA) is 67.9 Å². The van der Waals surface area contributed by atoms with Crippen molar-refractivity contribution in [2.45, 2.75) is 32.9 Å². The van der Waals surface area contributed by atoms with E-state index in [0.717, 1.165) is 14.9 Å². The summed E-state index contributed by atoms with van der Waals surface area (Å²) in [6.45, 7) is 4.45. The van der Waals surface area contributed by atoms with Crippen LogP contribution < -0.4 is 14.8 Å². The summed E-state index contributed by atoms with van der Waals surface area (Å²) >= 11 is 2.21. The molecular formula is C22H27IN2O4. The summed E-state index contributed by atoms with van der Waals surface area (Å²) in [6.07, 6.45) is 0.511. The number of ether oxygens (including phenoxy) is 2. The average Bonchev–Trinajstić information content (AvgIpc) is 2.73. The van der Waals surface area contributed by atoms with Gasteiger partial charge < -0.3 is 19.7 Å². The van der Waals surface area contributed by atoms with E-state index in [4.69, 9.17) is 9.47 Å². The minimum atomic E-state index is -0.565. The van der Waals surface area contributed by atoms with Gasteiger partial charge in [0.2, 0.25) is 5.91 Å². The highest BCUT2D eigenvalue weighted by molar-refractivity contribution is 14.1. The van der Waals surface area contributed by atoms with Crippen LogP contribution >= 0.6 is 22.6 Å². The monoisotopic (exact) mass is 510 g/mol. The standard InChI is InChI=1S/C22H27IN2O4/c1-4-20(22(27)24-5-2)25(14-16-6-10-18(28-3)11-7-16)21(26)15-29-19-12-8-17(23)9-13-19/h6-13,20H,4-5,14-15H2,1-3H3,(H,24,27). The van der Waals surface area contributed by atoms with E-state index < -0.39 is 6.04 Å². The van der Waals surface area contributed by atoms with Crippen molar-refractivity contribution >= 4 is 34.4 Å². The molecule has 2 aromatic rings. The number of likely N-dealkylation sites (N-methyl/N-ethyl adjacent to an activating group) is 1. The van der Waals surface area contributed by atoms with Crippen LogP contribution in [0.2, 0.25) is 0 Å². The zero-order valence-corrected chi connectivity index (χ0v) is 19.1. The van der Waals surface area contributed by atoms with Crippen molar-refractivity contribution in [2.24, 2.45) is 0 Å². The third-order valence-corrected chi connectivity index (χ3v) is 5.14. The second kappa shape index (κ2) is 11.6. The largest absolute Gasteiger partial charge is 0.497 e. The zero-order chi connectivity index (χ0) is 21.2. The first-order chi connectivity index (χ1) is 14.0. The molecule has 0 spiro atoms. The van der Waals surface area contributed by atoms with Crippen LogP contribution in [0.3, 0.4) is 0 Å². The molecule has 0 fully saturated rings. The first-order valence-electron chi connectivity index (χ1n) is 9.56. The molecule has 0 aliphatic rings. The number of carbonyl (C=O) groups is 2. The van der Waals surface area contributed by atoms with E-state index in [9.17, 15) is 9.59 Å². The number of benzene rings is 2. The lowest BCUT2D eigenvalue weighted by Gasteiger charge is -2.30. The second-order valence-corrected chi connectivity index (χ2v) is 7.68. The molecule has 2 amide bonds. The summed E-state index contributed by atoms with van der Waals surface area (Å²) in [5, 5.41) is 2.82. The molecule has 0 radical (unpaired) electrons. The quantitative estimate of drug-likeness (QED) is 0.496. The Bertz CT molecular complexity index is 793. The van der Waals surface area contributed by atoms with Gasteiger partial charge in [-0.3, -0.25) is 9.59 Å². The van der Waals surface area contributed by atoms with Crippen LogP contribution in [0.1, 0.15) is 25.8 Å². The summed E-state index contributed by atoms with van der Waals surface area (Å²) in [6, 6.07) is 14.4. The SMILES string of the molecule is CCNC(=O)C(CC)N(Cc1ccc(OC)cc1)C(=O)COc1ccc(I)cc1. The Morgan fingerprint density at radius 2 is 1.66 bits per heavy atom. The molecule has 0 aliphatic heterocycles. The molecule has 0 saturated carbocycles. The number of halogens is 1. The highest BCUT2D eigenvalue weighted by Gasteiger charge is 2.28. The molecule has 6 nitrogen and oxygen atoms in total. The molecule has 2 rings (SSSR count). The molecule has 156 valence electrons. The third kappa shape index (κ3) is 6.92. The Kier molecular flexibility index (Phi) is 9.24. The second-order valence-electron chi connectivity index (χ2n) is 6.43. The van der Waals surface area contributed by atoms with E-state index in [1.54, 1.807) is 12.0 Å². The lowest BCUT2D eigenvalue weighted by atomic mass is 10.1. The maximum Gasteiger partial charge on any atom is 0.261 e. The fourth-order valence-corrected chi connectivity index (χ4v) is 3.26. The van der Waals surface area contributed by atoms with Gasteiger partial charge in [0.1, 0.15) is 17.5 Å². The molecule has 0 aromatic heterocycles. The molecular weight excluding hydrogens is 483 g/mol. The molecule has 1 N–H and O–H groups in total. The van der Waals surface area contributed by atoms with Crippen LogP contribution in [0, 0.1) is 3.57 Å². The van der Waals surface area contributed by atoms with Gasteiger partial charge >= 0.3 is 0 Å². The normalized spacial score (nSPS) is 11.4. The van der Waals surface area contributed by atoms with Gasteiger partial charge in [0.15, 0.2) is 6.61 Å². The Labute approximate surface area is 185 Å². The van der Waals surface area contributed by atoms with Crippen LogP contribution in [0.15, 0.2) is 48.5 Å². The van der Waals surface area contributed by atoms with E-state index in [1.165, 1.54) is 0 Å². The van der Waals surface area contributed by atoms with Gasteiger partial charge in [0.05, 0.1) is 7.11 Å². The zero-order valence-electron chi connectivity index (χ0n) is 17.0. The first kappa shape index (κ1) is 23.0. The van der Waals surface area contributed by atoms with Crippen molar-refractivity contribution < 1.29 is 19.1 Å². The Hall–Kier alpha value is -2.29. The smallest absolute Gasteiger partial charge is 0.261 e. The molecule has 2 aromatic carbocycles. The van der Waals surface area contributed by atoms with Crippen molar-refractivity contribution in [2.75, 3.05) is 20.3 Å². The number of rotatable bonds is 10. The number of amides is 2. The van der Waals surface area contributed by atoms with E-state index in [1.807, 2.05) is 62.4 Å². The molecule has 7 heteroatoms. The van der Waals surface area contributed by atoms with E-state index in [0.29, 0.717) is 25.3 Å². The summed E-state index contributed by atoms with van der Waals surface area (Å²) in [7, 11) is 1.61. The molecule has 0 aliphatic carbocycles. The fourth-order valence-electron chi connectivity index (χ4n) is 2.90. The van der Waals surface area contributed by atoms with E-state index in [-0.39, 0.29) is 18.4 Å². The number of hydrogen-bond donors (Lipinski definition) is 1. The van der Waals surface area contributed by atoms with Crippen LogP contribution in [-0.4, -0.2) is 43.0 Å². The summed E-state index contributed by atoms with van der Waals surface area (Å²) in [5.74, 6) is 0.960. The highest BCUT2D eigenvalue weighted by atomic mass is 127. The van der Waals surface area contributed by atoms with Gasteiger partial charge in [-0.2, -0.15) is 0 Å². The molecule has 29 heavy (non-hydrogen) atoms. The summed E-state index contributed by atoms with van der Waals surface area (Å²) in [4.78, 5) is 27.2. The van der Waals surface area contributed by atoms with Gasteiger partial charge in [0.25, 0.3) is 5.91 Å². The van der Waals surface area contributed by atoms with E-state index >= 15 is 0 Å². The Morgan fingerprint density at radius 1 is 1.03 bits per heavy atom. The predicted molar refractivity (Wildman–Crippen MR) is 121 cm³/mol. The highest BCUT2D eigenvalue weighted by Crippen LogP contribution is 2.17. The number of carbonyl (C=O) groups excluding carboxylic acids is 2. The van der Waals surface area contributed by atoms with Crippen molar-refractivity contribution in [1.29, 1.82) is 0 Å². The maximum absolute atomic E-state index is 13.0. The Balaban J connectivity index is 2.17. The minimum absolute atomic E-state index is 0.132. The lowest BCUT2D eigenvalue weighted by Crippen LogP contribution is -2.50. The van der Waals surface area contributed by atoms with Crippen LogP contribution in [-0.2, 0) is 16.1 Å². The molecule has 0 saturated heterocycles. The molecule has 1 unspecified atom stereocenters. The average molecular weight is 510 g/mol. The van der Waals surface area contributed by atoms with E-state index in [2.05, 4.69) is 27.9 Å². The molecule has 0 heterocycles. The fraction of sp³-hybridized carbons (Fsp3) is 0.364. The number of nitrogens with one attached hydrogen (secondary N) is 1. The van der Waals surface area contributed by atoms with Gasteiger partial charge in [0, 0.05) is 16.7 Å². The predicted octanol–water partition coefficient (Wildman–Crippen LogP) is 3.62. The van der Waals surface area contributed by atoms with Gasteiger partial charge in [-0.1, -0.05) is 19.1 Å². The number of hydrogen-bond acceptors (Lipinski definition) is 4.